The highest BCUT2D eigenvalue weighted by atomic mass is 15.0. The highest BCUT2D eigenvalue weighted by molar-refractivity contribution is 6.10. The minimum absolute atomic E-state index is 0.631. The third-order valence-corrected chi connectivity index (χ3v) is 10.0. The van der Waals surface area contributed by atoms with Gasteiger partial charge < -0.3 is 4.57 Å². The maximum absolute atomic E-state index is 5.06. The molecule has 0 unspecified atom stereocenters. The molecule has 10 rings (SSSR count). The Bertz CT molecular complexity index is 2930. The van der Waals surface area contributed by atoms with Crippen molar-refractivity contribution in [3.05, 3.63) is 194 Å². The molecular weight excluding hydrogens is 645 g/mol. The molecule has 0 N–H and O–H groups in total. The van der Waals surface area contributed by atoms with Crippen molar-refractivity contribution in [3.63, 3.8) is 0 Å². The summed E-state index contributed by atoms with van der Waals surface area (Å²) in [7, 11) is 0. The van der Waals surface area contributed by atoms with Crippen molar-refractivity contribution in [2.75, 3.05) is 0 Å². The first-order chi connectivity index (χ1) is 26.2. The van der Waals surface area contributed by atoms with Gasteiger partial charge >= 0.3 is 0 Å². The second-order valence-corrected chi connectivity index (χ2v) is 13.3. The van der Waals surface area contributed by atoms with E-state index in [1.54, 1.807) is 0 Å². The number of para-hydroxylation sites is 1. The van der Waals surface area contributed by atoms with E-state index in [1.807, 2.05) is 36.4 Å². The molecule has 4 heteroatoms. The van der Waals surface area contributed by atoms with Crippen LogP contribution >= 0.6 is 0 Å². The van der Waals surface area contributed by atoms with Crippen LogP contribution in [0.15, 0.2) is 194 Å². The number of hydrogen-bond acceptors (Lipinski definition) is 3. The zero-order valence-electron chi connectivity index (χ0n) is 28.8. The molecule has 0 fully saturated rings. The Hall–Kier alpha value is -7.17. The largest absolute Gasteiger partial charge is 0.309 e. The molecule has 0 saturated heterocycles. The summed E-state index contributed by atoms with van der Waals surface area (Å²) < 4.78 is 2.36. The van der Waals surface area contributed by atoms with Crippen LogP contribution in [0.2, 0.25) is 0 Å². The SMILES string of the molecule is c1ccc(-c2cccc(-c3nc(-c4ccccc4)nc(-c4ccc(-n5c6ccccc6c6ccc(-c7ccc8ccccc8c7)cc65)cc4)n3)c2)cc1. The summed E-state index contributed by atoms with van der Waals surface area (Å²) in [5.74, 6) is 1.91. The van der Waals surface area contributed by atoms with Crippen molar-refractivity contribution >= 4 is 32.6 Å². The lowest BCUT2D eigenvalue weighted by atomic mass is 10.00. The van der Waals surface area contributed by atoms with E-state index in [0.29, 0.717) is 17.5 Å². The van der Waals surface area contributed by atoms with E-state index < -0.39 is 0 Å². The fourth-order valence-electron chi connectivity index (χ4n) is 7.38. The topological polar surface area (TPSA) is 43.6 Å². The first kappa shape index (κ1) is 30.6. The van der Waals surface area contributed by atoms with Gasteiger partial charge in [-0.3, -0.25) is 0 Å². The minimum Gasteiger partial charge on any atom is -0.309 e. The summed E-state index contributed by atoms with van der Waals surface area (Å²) in [5.41, 5.74) is 10.9. The van der Waals surface area contributed by atoms with Crippen LogP contribution in [0, 0.1) is 0 Å². The molecule has 0 bridgehead atoms. The van der Waals surface area contributed by atoms with E-state index in [0.717, 1.165) is 44.5 Å². The molecule has 53 heavy (non-hydrogen) atoms. The molecule has 2 aromatic heterocycles. The molecule has 0 saturated carbocycles. The Kier molecular flexibility index (Phi) is 7.43. The van der Waals surface area contributed by atoms with Crippen LogP contribution in [0.4, 0.5) is 0 Å². The Labute approximate surface area is 307 Å². The lowest BCUT2D eigenvalue weighted by Gasteiger charge is -2.12. The molecule has 0 amide bonds. The molecule has 0 aliphatic rings. The second-order valence-electron chi connectivity index (χ2n) is 13.3. The van der Waals surface area contributed by atoms with Crippen LogP contribution < -0.4 is 0 Å². The summed E-state index contributed by atoms with van der Waals surface area (Å²) in [4.78, 5) is 15.1. The van der Waals surface area contributed by atoms with E-state index in [4.69, 9.17) is 15.0 Å². The van der Waals surface area contributed by atoms with Crippen LogP contribution in [0.3, 0.4) is 0 Å². The highest BCUT2D eigenvalue weighted by Gasteiger charge is 2.16. The second kappa shape index (κ2) is 12.9. The van der Waals surface area contributed by atoms with Gasteiger partial charge in [0.25, 0.3) is 0 Å². The van der Waals surface area contributed by atoms with Crippen molar-refractivity contribution < 1.29 is 0 Å². The Morgan fingerprint density at radius 2 is 0.792 bits per heavy atom. The number of benzene rings is 8. The fraction of sp³-hybridized carbons (Fsp3) is 0. The van der Waals surface area contributed by atoms with Gasteiger partial charge in [-0.15, -0.1) is 0 Å². The summed E-state index contributed by atoms with van der Waals surface area (Å²) in [6, 6.07) is 68.2. The van der Waals surface area contributed by atoms with E-state index in [1.165, 1.54) is 32.7 Å². The van der Waals surface area contributed by atoms with Gasteiger partial charge in [0.05, 0.1) is 11.0 Å². The summed E-state index contributed by atoms with van der Waals surface area (Å²) in [5, 5.41) is 4.93. The van der Waals surface area contributed by atoms with Crippen LogP contribution in [0.5, 0.6) is 0 Å². The number of aromatic nitrogens is 4. The van der Waals surface area contributed by atoms with Crippen molar-refractivity contribution in [2.45, 2.75) is 0 Å². The fourth-order valence-corrected chi connectivity index (χ4v) is 7.38. The average Bonchev–Trinajstić information content (AvgIpc) is 3.58. The van der Waals surface area contributed by atoms with Gasteiger partial charge in [-0.25, -0.2) is 15.0 Å². The zero-order chi connectivity index (χ0) is 35.1. The molecule has 0 aliphatic carbocycles. The van der Waals surface area contributed by atoms with Gasteiger partial charge in [0.1, 0.15) is 0 Å². The number of fused-ring (bicyclic) bond motifs is 4. The first-order valence-electron chi connectivity index (χ1n) is 17.9. The maximum atomic E-state index is 5.06. The number of rotatable bonds is 6. The van der Waals surface area contributed by atoms with Gasteiger partial charge in [-0.05, 0) is 81.6 Å². The third-order valence-electron chi connectivity index (χ3n) is 10.0. The van der Waals surface area contributed by atoms with E-state index in [2.05, 4.69) is 162 Å². The standard InChI is InChI=1S/C49H32N4/c1-3-12-33(13-4-1)38-18-11-19-41(31-38)49-51-47(35-15-5-2-6-16-35)50-48(52-49)36-24-27-42(28-25-36)53-45-21-10-9-20-43(45)44-29-26-40(32-46(44)53)39-23-22-34-14-7-8-17-37(34)30-39/h1-32H. The molecule has 0 radical (unpaired) electrons. The van der Waals surface area contributed by atoms with Gasteiger partial charge in [0, 0.05) is 33.2 Å². The Morgan fingerprint density at radius 1 is 0.283 bits per heavy atom. The lowest BCUT2D eigenvalue weighted by Crippen LogP contribution is -2.00. The molecule has 4 nitrogen and oxygen atoms in total. The third kappa shape index (κ3) is 5.63. The van der Waals surface area contributed by atoms with Gasteiger partial charge in [-0.1, -0.05) is 146 Å². The maximum Gasteiger partial charge on any atom is 0.164 e. The summed E-state index contributed by atoms with van der Waals surface area (Å²) in [6.45, 7) is 0. The smallest absolute Gasteiger partial charge is 0.164 e. The van der Waals surface area contributed by atoms with Crippen LogP contribution in [-0.2, 0) is 0 Å². The van der Waals surface area contributed by atoms with E-state index in [9.17, 15) is 0 Å². The van der Waals surface area contributed by atoms with Crippen LogP contribution in [-0.4, -0.2) is 19.5 Å². The molecule has 0 spiro atoms. The number of nitrogens with zero attached hydrogens (tertiary/aromatic N) is 4. The van der Waals surface area contributed by atoms with Crippen LogP contribution in [0.1, 0.15) is 0 Å². The normalized spacial score (nSPS) is 11.4. The highest BCUT2D eigenvalue weighted by Crippen LogP contribution is 2.36. The molecule has 8 aromatic carbocycles. The Morgan fingerprint density at radius 3 is 1.57 bits per heavy atom. The molecular formula is C49H32N4. The molecule has 2 heterocycles. The summed E-state index contributed by atoms with van der Waals surface area (Å²) >= 11 is 0. The van der Waals surface area contributed by atoms with Crippen molar-refractivity contribution in [3.8, 4) is 62.1 Å². The van der Waals surface area contributed by atoms with Crippen molar-refractivity contribution in [1.82, 2.24) is 19.5 Å². The van der Waals surface area contributed by atoms with E-state index >= 15 is 0 Å². The molecule has 0 atom stereocenters. The average molecular weight is 677 g/mol. The van der Waals surface area contributed by atoms with Gasteiger partial charge in [-0.2, -0.15) is 0 Å². The molecule has 248 valence electrons. The number of hydrogen-bond donors (Lipinski definition) is 0. The van der Waals surface area contributed by atoms with Crippen molar-refractivity contribution in [1.29, 1.82) is 0 Å². The minimum atomic E-state index is 0.631. The Balaban J connectivity index is 1.08. The van der Waals surface area contributed by atoms with E-state index in [-0.39, 0.29) is 0 Å². The zero-order valence-corrected chi connectivity index (χ0v) is 28.8. The van der Waals surface area contributed by atoms with Gasteiger partial charge in [0.15, 0.2) is 17.5 Å². The van der Waals surface area contributed by atoms with Crippen LogP contribution in [0.25, 0.3) is 94.7 Å². The predicted octanol–water partition coefficient (Wildman–Crippen LogP) is 12.5. The summed E-state index contributed by atoms with van der Waals surface area (Å²) in [6.07, 6.45) is 0. The monoisotopic (exact) mass is 676 g/mol. The quantitative estimate of drug-likeness (QED) is 0.176. The predicted molar refractivity (Wildman–Crippen MR) is 219 cm³/mol. The van der Waals surface area contributed by atoms with Crippen molar-refractivity contribution in [2.24, 2.45) is 0 Å². The first-order valence-corrected chi connectivity index (χ1v) is 17.9. The molecule has 10 aromatic rings. The molecule has 0 aliphatic heterocycles. The lowest BCUT2D eigenvalue weighted by molar-refractivity contribution is 1.07. The van der Waals surface area contributed by atoms with Gasteiger partial charge in [0.2, 0.25) is 0 Å².